The zero-order valence-electron chi connectivity index (χ0n) is 10.00. The molecule has 1 amide bonds. The molecule has 0 bridgehead atoms. The van der Waals surface area contributed by atoms with E-state index in [9.17, 15) is 4.79 Å². The highest BCUT2D eigenvalue weighted by Gasteiger charge is 2.03. The monoisotopic (exact) mass is 239 g/mol. The number of rotatable bonds is 3. The number of nitrogens with zero attached hydrogens (tertiary/aromatic N) is 2. The first kappa shape index (κ1) is 12.0. The number of aryl methyl sites for hydroxylation is 1. The van der Waals surface area contributed by atoms with Gasteiger partial charge in [-0.3, -0.25) is 9.78 Å². The molecule has 0 radical (unpaired) electrons. The first-order chi connectivity index (χ1) is 8.77. The normalized spacial score (nSPS) is 10.5. The van der Waals surface area contributed by atoms with Crippen molar-refractivity contribution in [1.82, 2.24) is 10.4 Å². The zero-order valence-corrected chi connectivity index (χ0v) is 10.00. The number of hydrazone groups is 1. The van der Waals surface area contributed by atoms with Gasteiger partial charge in [0.05, 0.1) is 6.21 Å². The molecule has 0 spiro atoms. The molecule has 2 aromatic rings. The molecule has 0 unspecified atom stereocenters. The van der Waals surface area contributed by atoms with Crippen LogP contribution in [0.15, 0.2) is 53.8 Å². The molecule has 18 heavy (non-hydrogen) atoms. The van der Waals surface area contributed by atoms with Crippen molar-refractivity contribution in [2.45, 2.75) is 6.92 Å². The molecular formula is C14H13N3O. The summed E-state index contributed by atoms with van der Waals surface area (Å²) in [6, 6.07) is 13.0. The van der Waals surface area contributed by atoms with Gasteiger partial charge in [-0.2, -0.15) is 5.10 Å². The van der Waals surface area contributed by atoms with Crippen LogP contribution in [0.1, 0.15) is 21.6 Å². The molecule has 1 aromatic carbocycles. The molecule has 1 aromatic heterocycles. The number of pyridine rings is 1. The summed E-state index contributed by atoms with van der Waals surface area (Å²) in [4.78, 5) is 15.6. The summed E-state index contributed by atoms with van der Waals surface area (Å²) in [5, 5.41) is 3.91. The zero-order chi connectivity index (χ0) is 12.8. The first-order valence-electron chi connectivity index (χ1n) is 5.57. The predicted octanol–water partition coefficient (Wildman–Crippen LogP) is 2.15. The van der Waals surface area contributed by atoms with Gasteiger partial charge in [0, 0.05) is 6.20 Å². The van der Waals surface area contributed by atoms with Gasteiger partial charge in [0.15, 0.2) is 0 Å². The van der Waals surface area contributed by atoms with E-state index in [0.29, 0.717) is 5.69 Å². The quantitative estimate of drug-likeness (QED) is 0.659. The van der Waals surface area contributed by atoms with Crippen molar-refractivity contribution in [2.75, 3.05) is 0 Å². The minimum Gasteiger partial charge on any atom is -0.266 e. The van der Waals surface area contributed by atoms with Crippen LogP contribution in [0.3, 0.4) is 0 Å². The smallest absolute Gasteiger partial charge is 0.266 e. The van der Waals surface area contributed by atoms with Crippen LogP contribution in [0.5, 0.6) is 0 Å². The van der Waals surface area contributed by atoms with E-state index in [-0.39, 0.29) is 5.91 Å². The van der Waals surface area contributed by atoms with Crippen LogP contribution in [0.25, 0.3) is 0 Å². The van der Waals surface area contributed by atoms with Crippen molar-refractivity contribution in [2.24, 2.45) is 5.10 Å². The molecule has 0 atom stereocenters. The SMILES string of the molecule is Cc1ccccc1C=NNC(=O)c1ccccn1. The number of amides is 1. The number of carbonyl (C=O) groups is 1. The second kappa shape index (κ2) is 5.72. The Morgan fingerprint density at radius 1 is 1.22 bits per heavy atom. The van der Waals surface area contributed by atoms with E-state index >= 15 is 0 Å². The van der Waals surface area contributed by atoms with Crippen LogP contribution in [-0.2, 0) is 0 Å². The summed E-state index contributed by atoms with van der Waals surface area (Å²) in [6.07, 6.45) is 3.19. The summed E-state index contributed by atoms with van der Waals surface area (Å²) in [6.45, 7) is 1.99. The fraction of sp³-hybridized carbons (Fsp3) is 0.0714. The summed E-state index contributed by atoms with van der Waals surface area (Å²) in [5.74, 6) is -0.319. The molecule has 1 heterocycles. The number of carbonyl (C=O) groups excluding carboxylic acids is 1. The van der Waals surface area contributed by atoms with Crippen molar-refractivity contribution >= 4 is 12.1 Å². The van der Waals surface area contributed by atoms with Crippen LogP contribution in [0.2, 0.25) is 0 Å². The minimum absolute atomic E-state index is 0.319. The lowest BCUT2D eigenvalue weighted by Gasteiger charge is -1.99. The fourth-order valence-electron chi connectivity index (χ4n) is 1.45. The topological polar surface area (TPSA) is 54.4 Å². The maximum Gasteiger partial charge on any atom is 0.289 e. The molecule has 90 valence electrons. The van der Waals surface area contributed by atoms with Crippen molar-refractivity contribution in [3.63, 3.8) is 0 Å². The van der Waals surface area contributed by atoms with Crippen LogP contribution >= 0.6 is 0 Å². The van der Waals surface area contributed by atoms with Crippen molar-refractivity contribution < 1.29 is 4.79 Å². The third kappa shape index (κ3) is 3.01. The molecule has 2 rings (SSSR count). The van der Waals surface area contributed by atoms with Gasteiger partial charge < -0.3 is 0 Å². The molecule has 4 heteroatoms. The standard InChI is InChI=1S/C14H13N3O/c1-11-6-2-3-7-12(11)10-16-17-14(18)13-8-4-5-9-15-13/h2-10H,1H3,(H,17,18). The van der Waals surface area contributed by atoms with Gasteiger partial charge >= 0.3 is 0 Å². The average Bonchev–Trinajstić information content (AvgIpc) is 2.42. The highest BCUT2D eigenvalue weighted by molar-refractivity contribution is 5.93. The predicted molar refractivity (Wildman–Crippen MR) is 70.5 cm³/mol. The number of hydrogen-bond donors (Lipinski definition) is 1. The molecule has 0 saturated heterocycles. The Labute approximate surface area is 105 Å². The summed E-state index contributed by atoms with van der Waals surface area (Å²) < 4.78 is 0. The molecule has 0 aliphatic heterocycles. The molecule has 0 aliphatic rings. The Kier molecular flexibility index (Phi) is 3.81. The van der Waals surface area contributed by atoms with Crippen molar-refractivity contribution in [3.8, 4) is 0 Å². The lowest BCUT2D eigenvalue weighted by atomic mass is 10.1. The van der Waals surface area contributed by atoms with E-state index in [1.165, 1.54) is 0 Å². The maximum absolute atomic E-state index is 11.6. The van der Waals surface area contributed by atoms with Gasteiger partial charge in [-0.25, -0.2) is 5.43 Å². The Morgan fingerprint density at radius 2 is 2.00 bits per heavy atom. The summed E-state index contributed by atoms with van der Waals surface area (Å²) >= 11 is 0. The van der Waals surface area contributed by atoms with Crippen molar-refractivity contribution in [3.05, 3.63) is 65.5 Å². The van der Waals surface area contributed by atoms with E-state index in [0.717, 1.165) is 11.1 Å². The van der Waals surface area contributed by atoms with Gasteiger partial charge in [-0.1, -0.05) is 30.3 Å². The summed E-state index contributed by atoms with van der Waals surface area (Å²) in [5.41, 5.74) is 4.87. The van der Waals surface area contributed by atoms with Gasteiger partial charge in [0.25, 0.3) is 5.91 Å². The van der Waals surface area contributed by atoms with E-state index in [4.69, 9.17) is 0 Å². The average molecular weight is 239 g/mol. The van der Waals surface area contributed by atoms with Gasteiger partial charge in [-0.15, -0.1) is 0 Å². The molecule has 0 fully saturated rings. The van der Waals surface area contributed by atoms with E-state index < -0.39 is 0 Å². The lowest BCUT2D eigenvalue weighted by molar-refractivity contribution is 0.0950. The van der Waals surface area contributed by atoms with Gasteiger partial charge in [0.2, 0.25) is 0 Å². The molecule has 0 aliphatic carbocycles. The van der Waals surface area contributed by atoms with Gasteiger partial charge in [-0.05, 0) is 30.2 Å². The highest BCUT2D eigenvalue weighted by atomic mass is 16.2. The number of benzene rings is 1. The van der Waals surface area contributed by atoms with Crippen LogP contribution in [-0.4, -0.2) is 17.1 Å². The second-order valence-corrected chi connectivity index (χ2v) is 3.77. The minimum atomic E-state index is -0.319. The molecule has 0 saturated carbocycles. The Balaban J connectivity index is 2.00. The Bertz CT molecular complexity index is 564. The largest absolute Gasteiger partial charge is 0.289 e. The van der Waals surface area contributed by atoms with E-state index in [1.54, 1.807) is 30.6 Å². The third-order valence-corrected chi connectivity index (χ3v) is 2.46. The third-order valence-electron chi connectivity index (χ3n) is 2.46. The first-order valence-corrected chi connectivity index (χ1v) is 5.57. The number of aromatic nitrogens is 1. The van der Waals surface area contributed by atoms with E-state index in [1.807, 2.05) is 31.2 Å². The van der Waals surface area contributed by atoms with Gasteiger partial charge in [0.1, 0.15) is 5.69 Å². The number of hydrogen-bond acceptors (Lipinski definition) is 3. The Morgan fingerprint density at radius 3 is 2.72 bits per heavy atom. The number of nitrogens with one attached hydrogen (secondary N) is 1. The van der Waals surface area contributed by atoms with Crippen LogP contribution < -0.4 is 5.43 Å². The Hall–Kier alpha value is -2.49. The molecule has 1 N–H and O–H groups in total. The highest BCUT2D eigenvalue weighted by Crippen LogP contribution is 2.03. The van der Waals surface area contributed by atoms with Crippen LogP contribution in [0.4, 0.5) is 0 Å². The second-order valence-electron chi connectivity index (χ2n) is 3.77. The molecular weight excluding hydrogens is 226 g/mol. The summed E-state index contributed by atoms with van der Waals surface area (Å²) in [7, 11) is 0. The lowest BCUT2D eigenvalue weighted by Crippen LogP contribution is -2.18. The maximum atomic E-state index is 11.6. The van der Waals surface area contributed by atoms with E-state index in [2.05, 4.69) is 15.5 Å². The van der Waals surface area contributed by atoms with Crippen LogP contribution in [0, 0.1) is 6.92 Å². The fourth-order valence-corrected chi connectivity index (χ4v) is 1.45. The molecule has 4 nitrogen and oxygen atoms in total. The van der Waals surface area contributed by atoms with Crippen molar-refractivity contribution in [1.29, 1.82) is 0 Å².